The Morgan fingerprint density at radius 1 is 1.15 bits per heavy atom. The van der Waals surface area contributed by atoms with Crippen molar-refractivity contribution in [3.05, 3.63) is 86.1 Å². The SMILES string of the molecule is O=C(N/N=C\c1ccc(-c2ccc(Cl)cc2[N+](=O)[O-])o1)c1ccccc1Cl. The normalized spacial score (nSPS) is 10.9. The number of hydrogen-bond donors (Lipinski definition) is 1. The third kappa shape index (κ3) is 4.33. The summed E-state index contributed by atoms with van der Waals surface area (Å²) in [5.74, 6) is 0.0999. The van der Waals surface area contributed by atoms with Crippen molar-refractivity contribution in [2.75, 3.05) is 0 Å². The summed E-state index contributed by atoms with van der Waals surface area (Å²) in [6.45, 7) is 0. The van der Waals surface area contributed by atoms with Crippen LogP contribution in [0.5, 0.6) is 0 Å². The van der Waals surface area contributed by atoms with Crippen molar-refractivity contribution in [2.45, 2.75) is 0 Å². The van der Waals surface area contributed by atoms with E-state index in [9.17, 15) is 14.9 Å². The van der Waals surface area contributed by atoms with Gasteiger partial charge in [0.1, 0.15) is 11.5 Å². The highest BCUT2D eigenvalue weighted by atomic mass is 35.5. The van der Waals surface area contributed by atoms with E-state index in [1.54, 1.807) is 36.4 Å². The van der Waals surface area contributed by atoms with E-state index in [0.29, 0.717) is 10.8 Å². The fraction of sp³-hybridized carbons (Fsp3) is 0. The highest BCUT2D eigenvalue weighted by molar-refractivity contribution is 6.33. The molecule has 2 aromatic carbocycles. The quantitative estimate of drug-likeness (QED) is 0.371. The number of carbonyl (C=O) groups is 1. The van der Waals surface area contributed by atoms with Gasteiger partial charge in [-0.15, -0.1) is 0 Å². The Labute approximate surface area is 163 Å². The van der Waals surface area contributed by atoms with Crippen LogP contribution < -0.4 is 5.43 Å². The molecule has 27 heavy (non-hydrogen) atoms. The molecule has 7 nitrogen and oxygen atoms in total. The highest BCUT2D eigenvalue weighted by Gasteiger charge is 2.18. The maximum absolute atomic E-state index is 12.0. The smallest absolute Gasteiger partial charge is 0.281 e. The summed E-state index contributed by atoms with van der Waals surface area (Å²) in [5, 5.41) is 15.5. The third-order valence-electron chi connectivity index (χ3n) is 3.53. The van der Waals surface area contributed by atoms with Gasteiger partial charge < -0.3 is 4.42 Å². The van der Waals surface area contributed by atoms with Crippen LogP contribution in [-0.2, 0) is 0 Å². The largest absolute Gasteiger partial charge is 0.455 e. The van der Waals surface area contributed by atoms with Gasteiger partial charge in [0.2, 0.25) is 0 Å². The molecule has 0 spiro atoms. The Bertz CT molecular complexity index is 1050. The summed E-state index contributed by atoms with van der Waals surface area (Å²) in [6.07, 6.45) is 1.28. The number of nitrogens with one attached hydrogen (secondary N) is 1. The molecule has 0 bridgehead atoms. The second-order valence-electron chi connectivity index (χ2n) is 5.30. The van der Waals surface area contributed by atoms with Crippen molar-refractivity contribution in [3.8, 4) is 11.3 Å². The summed E-state index contributed by atoms with van der Waals surface area (Å²) in [4.78, 5) is 22.7. The Balaban J connectivity index is 1.75. The standard InChI is InChI=1S/C18H11Cl2N3O4/c19-11-5-7-14(16(9-11)23(25)26)17-8-6-12(27-17)10-21-22-18(24)13-3-1-2-4-15(13)20/h1-10H,(H,22,24)/b21-10-. The monoisotopic (exact) mass is 403 g/mol. The Kier molecular flexibility index (Phi) is 5.54. The van der Waals surface area contributed by atoms with Crippen LogP contribution in [0.1, 0.15) is 16.1 Å². The lowest BCUT2D eigenvalue weighted by molar-refractivity contribution is -0.384. The molecule has 1 amide bonds. The minimum Gasteiger partial charge on any atom is -0.455 e. The maximum Gasteiger partial charge on any atom is 0.281 e. The first kappa shape index (κ1) is 18.6. The van der Waals surface area contributed by atoms with E-state index >= 15 is 0 Å². The van der Waals surface area contributed by atoms with E-state index in [-0.39, 0.29) is 27.6 Å². The molecule has 136 valence electrons. The minimum atomic E-state index is -0.540. The average Bonchev–Trinajstić information content (AvgIpc) is 3.10. The molecular weight excluding hydrogens is 393 g/mol. The van der Waals surface area contributed by atoms with Crippen molar-refractivity contribution in [2.24, 2.45) is 5.10 Å². The topological polar surface area (TPSA) is 97.7 Å². The number of nitro groups is 1. The van der Waals surface area contributed by atoms with Gasteiger partial charge in [-0.2, -0.15) is 5.10 Å². The number of hydrazone groups is 1. The number of rotatable bonds is 5. The van der Waals surface area contributed by atoms with Gasteiger partial charge in [0.15, 0.2) is 0 Å². The van der Waals surface area contributed by atoms with Crippen molar-refractivity contribution in [1.82, 2.24) is 5.43 Å². The van der Waals surface area contributed by atoms with E-state index in [2.05, 4.69) is 10.5 Å². The predicted molar refractivity (Wildman–Crippen MR) is 102 cm³/mol. The number of carbonyl (C=O) groups excluding carboxylic acids is 1. The van der Waals surface area contributed by atoms with Crippen LogP contribution in [0.2, 0.25) is 10.0 Å². The zero-order valence-electron chi connectivity index (χ0n) is 13.6. The van der Waals surface area contributed by atoms with E-state index in [0.717, 1.165) is 0 Å². The molecule has 0 saturated carbocycles. The first-order chi connectivity index (χ1) is 13.0. The lowest BCUT2D eigenvalue weighted by atomic mass is 10.1. The maximum atomic E-state index is 12.0. The number of hydrogen-bond acceptors (Lipinski definition) is 5. The van der Waals surface area contributed by atoms with Gasteiger partial charge in [0, 0.05) is 11.1 Å². The summed E-state index contributed by atoms with van der Waals surface area (Å²) in [6, 6.07) is 14.0. The second-order valence-corrected chi connectivity index (χ2v) is 6.14. The summed E-state index contributed by atoms with van der Waals surface area (Å²) in [5.41, 5.74) is 2.73. The van der Waals surface area contributed by atoms with Crippen LogP contribution in [0.4, 0.5) is 5.69 Å². The van der Waals surface area contributed by atoms with E-state index in [1.165, 1.54) is 24.4 Å². The van der Waals surface area contributed by atoms with Gasteiger partial charge in [-0.25, -0.2) is 5.43 Å². The molecule has 3 aromatic rings. The summed E-state index contributed by atoms with van der Waals surface area (Å²) in [7, 11) is 0. The molecule has 0 fully saturated rings. The Hall–Kier alpha value is -3.16. The van der Waals surface area contributed by atoms with Gasteiger partial charge in [-0.3, -0.25) is 14.9 Å². The molecule has 9 heteroatoms. The average molecular weight is 404 g/mol. The van der Waals surface area contributed by atoms with Crippen molar-refractivity contribution < 1.29 is 14.1 Å². The van der Waals surface area contributed by atoms with Gasteiger partial charge in [-0.05, 0) is 36.4 Å². The van der Waals surface area contributed by atoms with Crippen molar-refractivity contribution in [1.29, 1.82) is 0 Å². The van der Waals surface area contributed by atoms with Crippen LogP contribution in [0.15, 0.2) is 64.1 Å². The number of amides is 1. The number of benzene rings is 2. The molecule has 0 atom stereocenters. The number of nitro benzene ring substituents is 1. The Morgan fingerprint density at radius 2 is 1.93 bits per heavy atom. The number of halogens is 2. The second kappa shape index (κ2) is 8.03. The zero-order valence-corrected chi connectivity index (χ0v) is 15.1. The van der Waals surface area contributed by atoms with Gasteiger partial charge in [0.25, 0.3) is 11.6 Å². The fourth-order valence-electron chi connectivity index (χ4n) is 2.29. The van der Waals surface area contributed by atoms with Crippen LogP contribution >= 0.6 is 23.2 Å². The summed E-state index contributed by atoms with van der Waals surface area (Å²) < 4.78 is 5.54. The van der Waals surface area contributed by atoms with Crippen molar-refractivity contribution >= 4 is 41.0 Å². The molecule has 1 N–H and O–H groups in total. The molecular formula is C18H11Cl2N3O4. The molecule has 1 heterocycles. The molecule has 0 aliphatic carbocycles. The minimum absolute atomic E-state index is 0.174. The fourth-order valence-corrected chi connectivity index (χ4v) is 2.68. The highest BCUT2D eigenvalue weighted by Crippen LogP contribution is 2.33. The lowest BCUT2D eigenvalue weighted by Gasteiger charge is -2.01. The molecule has 0 unspecified atom stereocenters. The predicted octanol–water partition coefficient (Wildman–Crippen LogP) is 4.93. The van der Waals surface area contributed by atoms with Crippen LogP contribution in [0, 0.1) is 10.1 Å². The zero-order chi connectivity index (χ0) is 19.4. The van der Waals surface area contributed by atoms with E-state index in [4.69, 9.17) is 27.6 Å². The van der Waals surface area contributed by atoms with Crippen LogP contribution in [-0.4, -0.2) is 17.0 Å². The van der Waals surface area contributed by atoms with E-state index in [1.807, 2.05) is 0 Å². The summed E-state index contributed by atoms with van der Waals surface area (Å²) >= 11 is 11.7. The van der Waals surface area contributed by atoms with Crippen LogP contribution in [0.3, 0.4) is 0 Å². The van der Waals surface area contributed by atoms with E-state index < -0.39 is 10.8 Å². The van der Waals surface area contributed by atoms with Gasteiger partial charge in [0.05, 0.1) is 27.3 Å². The molecule has 3 rings (SSSR count). The van der Waals surface area contributed by atoms with Crippen LogP contribution in [0.25, 0.3) is 11.3 Å². The Morgan fingerprint density at radius 3 is 2.67 bits per heavy atom. The van der Waals surface area contributed by atoms with Gasteiger partial charge >= 0.3 is 0 Å². The molecule has 0 saturated heterocycles. The van der Waals surface area contributed by atoms with Crippen molar-refractivity contribution in [3.63, 3.8) is 0 Å². The first-order valence-electron chi connectivity index (χ1n) is 7.58. The lowest BCUT2D eigenvalue weighted by Crippen LogP contribution is -2.17. The molecule has 0 radical (unpaired) electrons. The molecule has 0 aliphatic heterocycles. The number of furan rings is 1. The third-order valence-corrected chi connectivity index (χ3v) is 4.09. The first-order valence-corrected chi connectivity index (χ1v) is 8.33. The molecule has 1 aromatic heterocycles. The number of nitrogens with zero attached hydrogens (tertiary/aromatic N) is 2. The molecule has 0 aliphatic rings. The van der Waals surface area contributed by atoms with Gasteiger partial charge in [-0.1, -0.05) is 35.3 Å².